The van der Waals surface area contributed by atoms with Gasteiger partial charge in [0.2, 0.25) is 5.91 Å². The summed E-state index contributed by atoms with van der Waals surface area (Å²) in [4.78, 5) is 29.4. The maximum absolute atomic E-state index is 13.1. The zero-order valence-corrected chi connectivity index (χ0v) is 15.5. The molecule has 5 heteroatoms. The number of hydrogen-bond acceptors (Lipinski definition) is 3. The number of amides is 2. The Labute approximate surface area is 159 Å². The fourth-order valence-corrected chi connectivity index (χ4v) is 4.36. The van der Waals surface area contributed by atoms with E-state index in [4.69, 9.17) is 0 Å². The highest BCUT2D eigenvalue weighted by Gasteiger charge is 2.48. The second kappa shape index (κ2) is 6.72. The van der Waals surface area contributed by atoms with Crippen molar-refractivity contribution in [2.45, 2.75) is 19.3 Å². The SMILES string of the molecule is CN1CCC[C@]2(CCN(C(=O)c3cccc(-c4ccc(O)cc4)c3)C2)C1=O. The molecule has 0 aromatic heterocycles. The first-order chi connectivity index (χ1) is 13.0. The number of phenolic OH excluding ortho intramolecular Hbond substituents is 1. The van der Waals surface area contributed by atoms with Crippen LogP contribution in [-0.4, -0.2) is 53.4 Å². The zero-order valence-electron chi connectivity index (χ0n) is 15.5. The first-order valence-corrected chi connectivity index (χ1v) is 9.43. The number of carbonyl (C=O) groups excluding carboxylic acids is 2. The van der Waals surface area contributed by atoms with Crippen molar-refractivity contribution < 1.29 is 14.7 Å². The summed E-state index contributed by atoms with van der Waals surface area (Å²) in [5.41, 5.74) is 2.12. The van der Waals surface area contributed by atoms with E-state index in [0.29, 0.717) is 18.7 Å². The molecular formula is C22H24N2O3. The molecular weight excluding hydrogens is 340 g/mol. The summed E-state index contributed by atoms with van der Waals surface area (Å²) in [5.74, 6) is 0.380. The standard InChI is InChI=1S/C22H24N2O3/c1-23-12-3-10-22(21(23)27)11-13-24(15-22)20(26)18-5-2-4-17(14-18)16-6-8-19(25)9-7-16/h2,4-9,14,25H,3,10-13,15H2,1H3/t22-/m1/s1. The highest BCUT2D eigenvalue weighted by molar-refractivity contribution is 5.96. The van der Waals surface area contributed by atoms with Crippen molar-refractivity contribution in [2.75, 3.05) is 26.7 Å². The van der Waals surface area contributed by atoms with E-state index in [-0.39, 0.29) is 17.6 Å². The first kappa shape index (κ1) is 17.6. The van der Waals surface area contributed by atoms with Crippen LogP contribution in [0.4, 0.5) is 0 Å². The molecule has 5 nitrogen and oxygen atoms in total. The predicted octanol–water partition coefficient (Wildman–Crippen LogP) is 3.14. The summed E-state index contributed by atoms with van der Waals surface area (Å²) in [5, 5.41) is 9.46. The highest BCUT2D eigenvalue weighted by Crippen LogP contribution is 2.40. The molecule has 2 aromatic rings. The van der Waals surface area contributed by atoms with Crippen LogP contribution in [-0.2, 0) is 4.79 Å². The summed E-state index contributed by atoms with van der Waals surface area (Å²) in [6, 6.07) is 14.5. The van der Waals surface area contributed by atoms with Gasteiger partial charge in [0.15, 0.2) is 0 Å². The lowest BCUT2D eigenvalue weighted by molar-refractivity contribution is -0.143. The van der Waals surface area contributed by atoms with Gasteiger partial charge in [0, 0.05) is 32.2 Å². The normalized spacial score (nSPS) is 22.5. The van der Waals surface area contributed by atoms with Gasteiger partial charge < -0.3 is 14.9 Å². The van der Waals surface area contributed by atoms with Crippen molar-refractivity contribution in [1.82, 2.24) is 9.80 Å². The molecule has 0 bridgehead atoms. The molecule has 2 aromatic carbocycles. The van der Waals surface area contributed by atoms with E-state index in [0.717, 1.165) is 36.9 Å². The van der Waals surface area contributed by atoms with E-state index < -0.39 is 5.41 Å². The summed E-state index contributed by atoms with van der Waals surface area (Å²) < 4.78 is 0. The molecule has 2 fully saturated rings. The van der Waals surface area contributed by atoms with Crippen molar-refractivity contribution in [3.05, 3.63) is 54.1 Å². The van der Waals surface area contributed by atoms with Gasteiger partial charge in [0.1, 0.15) is 5.75 Å². The fourth-order valence-electron chi connectivity index (χ4n) is 4.36. The number of rotatable bonds is 2. The average molecular weight is 364 g/mol. The number of likely N-dealkylation sites (tertiary alicyclic amines) is 2. The topological polar surface area (TPSA) is 60.9 Å². The zero-order chi connectivity index (χ0) is 19.0. The third kappa shape index (κ3) is 3.18. The molecule has 0 unspecified atom stereocenters. The van der Waals surface area contributed by atoms with Crippen LogP contribution in [0.3, 0.4) is 0 Å². The van der Waals surface area contributed by atoms with E-state index in [2.05, 4.69) is 0 Å². The van der Waals surface area contributed by atoms with Gasteiger partial charge in [0.05, 0.1) is 5.41 Å². The number of aromatic hydroxyl groups is 1. The molecule has 2 amide bonds. The van der Waals surface area contributed by atoms with Crippen LogP contribution in [0.2, 0.25) is 0 Å². The Hall–Kier alpha value is -2.82. The Morgan fingerprint density at radius 2 is 1.81 bits per heavy atom. The molecule has 140 valence electrons. The Morgan fingerprint density at radius 1 is 1.04 bits per heavy atom. The molecule has 2 aliphatic rings. The van der Waals surface area contributed by atoms with Crippen LogP contribution in [0.25, 0.3) is 11.1 Å². The second-order valence-corrected chi connectivity index (χ2v) is 7.71. The van der Waals surface area contributed by atoms with Crippen LogP contribution >= 0.6 is 0 Å². The third-order valence-electron chi connectivity index (χ3n) is 5.90. The molecule has 1 spiro atoms. The van der Waals surface area contributed by atoms with Gasteiger partial charge in [-0.1, -0.05) is 24.3 Å². The smallest absolute Gasteiger partial charge is 0.253 e. The fraction of sp³-hybridized carbons (Fsp3) is 0.364. The van der Waals surface area contributed by atoms with E-state index >= 15 is 0 Å². The molecule has 4 rings (SSSR count). The molecule has 0 aliphatic carbocycles. The Balaban J connectivity index is 1.54. The van der Waals surface area contributed by atoms with E-state index in [1.165, 1.54) is 0 Å². The van der Waals surface area contributed by atoms with Gasteiger partial charge in [-0.2, -0.15) is 0 Å². The molecule has 27 heavy (non-hydrogen) atoms. The van der Waals surface area contributed by atoms with Gasteiger partial charge in [0.25, 0.3) is 5.91 Å². The Morgan fingerprint density at radius 3 is 2.59 bits per heavy atom. The summed E-state index contributed by atoms with van der Waals surface area (Å²) in [7, 11) is 1.86. The maximum atomic E-state index is 13.1. The van der Waals surface area contributed by atoms with Gasteiger partial charge in [-0.15, -0.1) is 0 Å². The largest absolute Gasteiger partial charge is 0.508 e. The van der Waals surface area contributed by atoms with Crippen LogP contribution < -0.4 is 0 Å². The molecule has 2 aliphatic heterocycles. The third-order valence-corrected chi connectivity index (χ3v) is 5.90. The number of piperidine rings is 1. The van der Waals surface area contributed by atoms with Gasteiger partial charge >= 0.3 is 0 Å². The average Bonchev–Trinajstić information content (AvgIpc) is 3.11. The molecule has 1 N–H and O–H groups in total. The number of carbonyl (C=O) groups is 2. The monoisotopic (exact) mass is 364 g/mol. The number of phenols is 1. The van der Waals surface area contributed by atoms with E-state index in [1.54, 1.807) is 12.1 Å². The first-order valence-electron chi connectivity index (χ1n) is 9.43. The second-order valence-electron chi connectivity index (χ2n) is 7.71. The molecule has 0 saturated carbocycles. The van der Waals surface area contributed by atoms with Crippen LogP contribution in [0.1, 0.15) is 29.6 Å². The van der Waals surface area contributed by atoms with Crippen molar-refractivity contribution in [3.8, 4) is 16.9 Å². The van der Waals surface area contributed by atoms with Crippen molar-refractivity contribution in [2.24, 2.45) is 5.41 Å². The van der Waals surface area contributed by atoms with Gasteiger partial charge in [-0.3, -0.25) is 9.59 Å². The Kier molecular flexibility index (Phi) is 4.38. The lowest BCUT2D eigenvalue weighted by Crippen LogP contribution is -2.48. The van der Waals surface area contributed by atoms with Gasteiger partial charge in [-0.25, -0.2) is 0 Å². The number of benzene rings is 2. The lowest BCUT2D eigenvalue weighted by atomic mass is 9.78. The molecule has 1 atom stereocenters. The summed E-state index contributed by atoms with van der Waals surface area (Å²) in [6.07, 6.45) is 2.62. The van der Waals surface area contributed by atoms with Crippen molar-refractivity contribution in [1.29, 1.82) is 0 Å². The lowest BCUT2D eigenvalue weighted by Gasteiger charge is -2.37. The van der Waals surface area contributed by atoms with Crippen LogP contribution in [0.5, 0.6) is 5.75 Å². The molecule has 2 saturated heterocycles. The minimum atomic E-state index is -0.392. The maximum Gasteiger partial charge on any atom is 0.253 e. The van der Waals surface area contributed by atoms with Gasteiger partial charge in [-0.05, 0) is 54.7 Å². The quantitative estimate of drug-likeness (QED) is 0.891. The van der Waals surface area contributed by atoms with E-state index in [9.17, 15) is 14.7 Å². The Bertz CT molecular complexity index is 877. The highest BCUT2D eigenvalue weighted by atomic mass is 16.3. The number of nitrogens with zero attached hydrogens (tertiary/aromatic N) is 2. The summed E-state index contributed by atoms with van der Waals surface area (Å²) in [6.45, 7) is 1.95. The van der Waals surface area contributed by atoms with Crippen molar-refractivity contribution >= 4 is 11.8 Å². The minimum absolute atomic E-state index is 0.0199. The van der Waals surface area contributed by atoms with Crippen LogP contribution in [0.15, 0.2) is 48.5 Å². The summed E-state index contributed by atoms with van der Waals surface area (Å²) >= 11 is 0. The molecule has 0 radical (unpaired) electrons. The van der Waals surface area contributed by atoms with E-state index in [1.807, 2.05) is 53.2 Å². The molecule has 2 heterocycles. The number of hydrogen-bond donors (Lipinski definition) is 1. The van der Waals surface area contributed by atoms with Crippen LogP contribution in [0, 0.1) is 5.41 Å². The minimum Gasteiger partial charge on any atom is -0.508 e. The van der Waals surface area contributed by atoms with Crippen molar-refractivity contribution in [3.63, 3.8) is 0 Å². The predicted molar refractivity (Wildman–Crippen MR) is 103 cm³/mol.